The predicted octanol–water partition coefficient (Wildman–Crippen LogP) is 3.25. The highest BCUT2D eigenvalue weighted by molar-refractivity contribution is 5.94. The Labute approximate surface area is 185 Å². The van der Waals surface area contributed by atoms with Crippen LogP contribution in [-0.2, 0) is 11.2 Å². The number of fused-ring (bicyclic) bond motifs is 1. The third-order valence-electron chi connectivity index (χ3n) is 5.49. The summed E-state index contributed by atoms with van der Waals surface area (Å²) in [6.45, 7) is 2.32. The Hall–Kier alpha value is -3.78. The number of hydrogen-bond acceptors (Lipinski definition) is 6. The van der Waals surface area contributed by atoms with Crippen LogP contribution in [-0.4, -0.2) is 56.7 Å². The van der Waals surface area contributed by atoms with E-state index in [1.54, 1.807) is 48.9 Å². The second kappa shape index (κ2) is 9.15. The molecule has 0 N–H and O–H groups in total. The maximum Gasteiger partial charge on any atom is 0.321 e. The fourth-order valence-electron chi connectivity index (χ4n) is 4.00. The molecule has 1 aliphatic rings. The maximum absolute atomic E-state index is 13.3. The molecule has 8 nitrogen and oxygen atoms in total. The molecule has 4 heterocycles. The van der Waals surface area contributed by atoms with Crippen LogP contribution < -0.4 is 4.74 Å². The summed E-state index contributed by atoms with van der Waals surface area (Å²) in [5, 5.41) is 4.31. The van der Waals surface area contributed by atoms with Gasteiger partial charge in [-0.3, -0.25) is 4.79 Å². The van der Waals surface area contributed by atoms with Crippen LogP contribution in [0.1, 0.15) is 15.9 Å². The Morgan fingerprint density at radius 1 is 1.09 bits per heavy atom. The first kappa shape index (κ1) is 20.1. The highest BCUT2D eigenvalue weighted by Gasteiger charge is 2.24. The Bertz CT molecular complexity index is 1210. The fraction of sp³-hybridized carbons (Fsp3) is 0.250. The zero-order chi connectivity index (χ0) is 21.8. The van der Waals surface area contributed by atoms with Gasteiger partial charge in [0.2, 0.25) is 0 Å². The molecule has 1 saturated heterocycles. The van der Waals surface area contributed by atoms with Gasteiger partial charge in [0.1, 0.15) is 5.75 Å². The monoisotopic (exact) mass is 429 g/mol. The quantitative estimate of drug-likeness (QED) is 0.484. The Morgan fingerprint density at radius 3 is 2.91 bits per heavy atom. The minimum absolute atomic E-state index is 0.0394. The lowest BCUT2D eigenvalue weighted by Crippen LogP contribution is -2.36. The molecule has 32 heavy (non-hydrogen) atoms. The number of benzene rings is 1. The number of pyridine rings is 1. The van der Waals surface area contributed by atoms with E-state index in [1.807, 2.05) is 27.7 Å². The predicted molar refractivity (Wildman–Crippen MR) is 118 cm³/mol. The van der Waals surface area contributed by atoms with Crippen LogP contribution in [0.5, 0.6) is 11.8 Å². The van der Waals surface area contributed by atoms with Crippen LogP contribution in [0.25, 0.3) is 5.52 Å². The smallest absolute Gasteiger partial charge is 0.321 e. The van der Waals surface area contributed by atoms with Crippen molar-refractivity contribution in [3.05, 3.63) is 84.4 Å². The van der Waals surface area contributed by atoms with E-state index in [0.717, 1.165) is 11.9 Å². The summed E-state index contributed by atoms with van der Waals surface area (Å²) in [7, 11) is 0. The first-order chi connectivity index (χ1) is 15.8. The summed E-state index contributed by atoms with van der Waals surface area (Å²) < 4.78 is 13.4. The molecule has 0 radical (unpaired) electrons. The van der Waals surface area contributed by atoms with E-state index in [0.29, 0.717) is 37.6 Å². The number of carbonyl (C=O) groups is 1. The third kappa shape index (κ3) is 4.45. The topological polar surface area (TPSA) is 81.8 Å². The van der Waals surface area contributed by atoms with E-state index in [2.05, 4.69) is 21.1 Å². The highest BCUT2D eigenvalue weighted by atomic mass is 16.5. The molecule has 8 heteroatoms. The van der Waals surface area contributed by atoms with Crippen molar-refractivity contribution >= 4 is 11.4 Å². The summed E-state index contributed by atoms with van der Waals surface area (Å²) >= 11 is 0. The average molecular weight is 429 g/mol. The van der Waals surface area contributed by atoms with Gasteiger partial charge < -0.3 is 14.4 Å². The van der Waals surface area contributed by atoms with Gasteiger partial charge in [0.15, 0.2) is 0 Å². The van der Waals surface area contributed by atoms with Crippen molar-refractivity contribution in [1.82, 2.24) is 24.5 Å². The van der Waals surface area contributed by atoms with Gasteiger partial charge in [0.25, 0.3) is 5.91 Å². The molecule has 1 aliphatic heterocycles. The van der Waals surface area contributed by atoms with Crippen LogP contribution >= 0.6 is 0 Å². The number of ether oxygens (including phenoxy) is 2. The van der Waals surface area contributed by atoms with Crippen molar-refractivity contribution in [1.29, 1.82) is 0 Å². The Balaban J connectivity index is 1.31. The number of nitrogens with zero attached hydrogens (tertiary/aromatic N) is 5. The SMILES string of the molecule is O=C(c1cccc(Oc2ncccn2)c1)N1CCOC[C@H](Cc2cccn3nccc23)C1. The molecule has 0 aliphatic carbocycles. The molecule has 162 valence electrons. The molecule has 4 aromatic rings. The first-order valence-corrected chi connectivity index (χ1v) is 10.6. The van der Waals surface area contributed by atoms with E-state index in [9.17, 15) is 4.79 Å². The lowest BCUT2D eigenvalue weighted by molar-refractivity contribution is 0.0737. The van der Waals surface area contributed by atoms with Crippen molar-refractivity contribution in [2.75, 3.05) is 26.3 Å². The van der Waals surface area contributed by atoms with Crippen molar-refractivity contribution in [2.45, 2.75) is 6.42 Å². The molecule has 3 aromatic heterocycles. The summed E-state index contributed by atoms with van der Waals surface area (Å²) in [6.07, 6.45) is 7.77. The molecule has 1 aromatic carbocycles. The number of hydrogen-bond donors (Lipinski definition) is 0. The molecular weight excluding hydrogens is 406 g/mol. The number of aromatic nitrogens is 4. The summed E-state index contributed by atoms with van der Waals surface area (Å²) in [5.41, 5.74) is 2.85. The molecule has 0 spiro atoms. The van der Waals surface area contributed by atoms with Gasteiger partial charge in [-0.25, -0.2) is 14.5 Å². The fourth-order valence-corrected chi connectivity index (χ4v) is 4.00. The maximum atomic E-state index is 13.3. The van der Waals surface area contributed by atoms with Gasteiger partial charge in [0, 0.05) is 49.4 Å². The van der Waals surface area contributed by atoms with Crippen LogP contribution in [0.4, 0.5) is 0 Å². The number of amides is 1. The lowest BCUT2D eigenvalue weighted by atomic mass is 9.99. The first-order valence-electron chi connectivity index (χ1n) is 10.6. The average Bonchev–Trinajstić information content (AvgIpc) is 3.19. The second-order valence-corrected chi connectivity index (χ2v) is 7.75. The van der Waals surface area contributed by atoms with Gasteiger partial charge in [-0.1, -0.05) is 12.1 Å². The molecule has 0 saturated carbocycles. The van der Waals surface area contributed by atoms with E-state index in [4.69, 9.17) is 9.47 Å². The normalized spacial score (nSPS) is 16.6. The second-order valence-electron chi connectivity index (χ2n) is 7.75. The minimum atomic E-state index is -0.0394. The van der Waals surface area contributed by atoms with Gasteiger partial charge in [0.05, 0.1) is 18.7 Å². The molecule has 1 amide bonds. The number of carbonyl (C=O) groups excluding carboxylic acids is 1. The lowest BCUT2D eigenvalue weighted by Gasteiger charge is -2.24. The van der Waals surface area contributed by atoms with Gasteiger partial charge in [-0.05, 0) is 48.4 Å². The Kier molecular flexibility index (Phi) is 5.76. The molecular formula is C24H23N5O3. The molecule has 0 bridgehead atoms. The van der Waals surface area contributed by atoms with Gasteiger partial charge in [-0.15, -0.1) is 0 Å². The van der Waals surface area contributed by atoms with E-state index in [-0.39, 0.29) is 17.8 Å². The molecule has 1 atom stereocenters. The van der Waals surface area contributed by atoms with Crippen LogP contribution in [0, 0.1) is 5.92 Å². The standard InChI is InChI=1S/C24H23N5O3/c30-23(20-4-1-6-21(15-20)32-24-25-8-3-9-26-24)28-12-13-31-17-18(16-28)14-19-5-2-11-29-22(19)7-10-27-29/h1-11,15,18H,12-14,16-17H2/t18-/m1/s1. The van der Waals surface area contributed by atoms with Crippen molar-refractivity contribution in [3.8, 4) is 11.8 Å². The van der Waals surface area contributed by atoms with Crippen molar-refractivity contribution < 1.29 is 14.3 Å². The van der Waals surface area contributed by atoms with Crippen molar-refractivity contribution in [2.24, 2.45) is 5.92 Å². The van der Waals surface area contributed by atoms with Crippen LogP contribution in [0.2, 0.25) is 0 Å². The van der Waals surface area contributed by atoms with Crippen LogP contribution in [0.15, 0.2) is 73.3 Å². The van der Waals surface area contributed by atoms with Gasteiger partial charge >= 0.3 is 6.01 Å². The van der Waals surface area contributed by atoms with Gasteiger partial charge in [-0.2, -0.15) is 5.10 Å². The summed E-state index contributed by atoms with van der Waals surface area (Å²) in [6, 6.07) is 15.2. The summed E-state index contributed by atoms with van der Waals surface area (Å²) in [4.78, 5) is 23.3. The van der Waals surface area contributed by atoms with E-state index in [1.165, 1.54) is 5.56 Å². The summed E-state index contributed by atoms with van der Waals surface area (Å²) in [5.74, 6) is 0.680. The largest absolute Gasteiger partial charge is 0.424 e. The van der Waals surface area contributed by atoms with E-state index >= 15 is 0 Å². The molecule has 1 fully saturated rings. The van der Waals surface area contributed by atoms with E-state index < -0.39 is 0 Å². The molecule has 0 unspecified atom stereocenters. The minimum Gasteiger partial charge on any atom is -0.424 e. The zero-order valence-electron chi connectivity index (χ0n) is 17.5. The zero-order valence-corrected chi connectivity index (χ0v) is 17.5. The number of rotatable bonds is 5. The van der Waals surface area contributed by atoms with Crippen molar-refractivity contribution in [3.63, 3.8) is 0 Å². The third-order valence-corrected chi connectivity index (χ3v) is 5.49. The van der Waals surface area contributed by atoms with Crippen LogP contribution in [0.3, 0.4) is 0 Å². The molecule has 5 rings (SSSR count). The Morgan fingerprint density at radius 2 is 2.00 bits per heavy atom. The highest BCUT2D eigenvalue weighted by Crippen LogP contribution is 2.22.